The van der Waals surface area contributed by atoms with Crippen LogP contribution >= 0.6 is 0 Å². The summed E-state index contributed by atoms with van der Waals surface area (Å²) >= 11 is 0. The van der Waals surface area contributed by atoms with Gasteiger partial charge in [0.05, 0.1) is 11.1 Å². The van der Waals surface area contributed by atoms with E-state index in [0.29, 0.717) is 29.9 Å². The lowest BCUT2D eigenvalue weighted by molar-refractivity contribution is -0.137. The molecular formula is C22H21F3N4O. The number of hydrogen-bond donors (Lipinski definition) is 1. The van der Waals surface area contributed by atoms with Crippen molar-refractivity contribution in [2.24, 2.45) is 0 Å². The van der Waals surface area contributed by atoms with E-state index in [9.17, 15) is 18.0 Å². The van der Waals surface area contributed by atoms with Crippen LogP contribution in [-0.4, -0.2) is 49.0 Å². The number of alkyl halides is 3. The van der Waals surface area contributed by atoms with Gasteiger partial charge < -0.3 is 15.1 Å². The van der Waals surface area contributed by atoms with Crippen molar-refractivity contribution in [3.63, 3.8) is 0 Å². The number of hydrogen-bond acceptors (Lipinski definition) is 4. The Morgan fingerprint density at radius 2 is 1.83 bits per heavy atom. The fourth-order valence-corrected chi connectivity index (χ4v) is 3.65. The second-order valence-corrected chi connectivity index (χ2v) is 7.37. The summed E-state index contributed by atoms with van der Waals surface area (Å²) in [5.41, 5.74) is -0.413. The molecule has 2 aromatic carbocycles. The van der Waals surface area contributed by atoms with E-state index in [1.165, 1.54) is 6.07 Å². The van der Waals surface area contributed by atoms with E-state index in [1.807, 2.05) is 18.0 Å². The first-order valence-electron chi connectivity index (χ1n) is 9.62. The number of likely N-dealkylation sites (N-methyl/N-ethyl adjacent to an activating group) is 1. The summed E-state index contributed by atoms with van der Waals surface area (Å²) in [4.78, 5) is 20.9. The molecule has 156 valence electrons. The number of halogens is 3. The number of nitrogens with zero attached hydrogens (tertiary/aromatic N) is 3. The highest BCUT2D eigenvalue weighted by Crippen LogP contribution is 2.35. The Bertz CT molecular complexity index is 1070. The monoisotopic (exact) mass is 414 g/mol. The van der Waals surface area contributed by atoms with Crippen molar-refractivity contribution in [3.8, 4) is 0 Å². The number of aromatic nitrogens is 1. The van der Waals surface area contributed by atoms with E-state index in [0.717, 1.165) is 24.5 Å². The summed E-state index contributed by atoms with van der Waals surface area (Å²) in [5, 5.41) is 4.13. The smallest absolute Gasteiger partial charge is 0.369 e. The number of piperazine rings is 1. The van der Waals surface area contributed by atoms with Crippen LogP contribution < -0.4 is 10.2 Å². The maximum atomic E-state index is 13.8. The molecule has 1 aromatic heterocycles. The molecule has 1 N–H and O–H groups in total. The molecule has 1 aliphatic rings. The zero-order valence-corrected chi connectivity index (χ0v) is 16.4. The summed E-state index contributed by atoms with van der Waals surface area (Å²) in [6.07, 6.45) is -1.43. The fourth-order valence-electron chi connectivity index (χ4n) is 3.65. The Balaban J connectivity index is 1.66. The largest absolute Gasteiger partial charge is 0.417 e. The predicted octanol–water partition coefficient (Wildman–Crippen LogP) is 4.26. The molecule has 1 fully saturated rings. The number of anilines is 2. The number of carbonyl (C=O) groups excluding carboxylic acids is 1. The second-order valence-electron chi connectivity index (χ2n) is 7.37. The first-order chi connectivity index (χ1) is 14.3. The summed E-state index contributed by atoms with van der Waals surface area (Å²) in [7, 11) is 1.98. The molecule has 4 rings (SSSR count). The van der Waals surface area contributed by atoms with Gasteiger partial charge in [-0.3, -0.25) is 9.78 Å². The molecule has 30 heavy (non-hydrogen) atoms. The van der Waals surface area contributed by atoms with Crippen LogP contribution in [0.4, 0.5) is 24.5 Å². The van der Waals surface area contributed by atoms with E-state index in [1.54, 1.807) is 36.7 Å². The quantitative estimate of drug-likeness (QED) is 0.696. The molecule has 0 atom stereocenters. The van der Waals surface area contributed by atoms with Crippen molar-refractivity contribution in [2.75, 3.05) is 43.4 Å². The standard InChI is InChI=1S/C22H21F3N4O/c1-28-9-11-29(12-10-28)16-5-6-18(19(13-16)22(23,24)25)21(30)27-20-4-2-3-15-14-26-8-7-17(15)20/h2-8,13-14H,9-12H2,1H3,(H,27,30). The predicted molar refractivity (Wildman–Crippen MR) is 111 cm³/mol. The molecule has 0 unspecified atom stereocenters. The molecular weight excluding hydrogens is 393 g/mol. The Morgan fingerprint density at radius 1 is 1.07 bits per heavy atom. The first-order valence-corrected chi connectivity index (χ1v) is 9.62. The van der Waals surface area contributed by atoms with Crippen LogP contribution in [-0.2, 0) is 6.18 Å². The maximum Gasteiger partial charge on any atom is 0.417 e. The Labute approximate surface area is 172 Å². The first kappa shape index (κ1) is 20.2. The lowest BCUT2D eigenvalue weighted by Gasteiger charge is -2.34. The number of fused-ring (bicyclic) bond motifs is 1. The third kappa shape index (κ3) is 4.09. The van der Waals surface area contributed by atoms with Gasteiger partial charge in [-0.25, -0.2) is 0 Å². The molecule has 0 saturated carbocycles. The Kier molecular flexibility index (Phi) is 5.34. The van der Waals surface area contributed by atoms with E-state index in [4.69, 9.17) is 0 Å². The minimum atomic E-state index is -4.64. The van der Waals surface area contributed by atoms with Crippen molar-refractivity contribution < 1.29 is 18.0 Å². The van der Waals surface area contributed by atoms with Gasteiger partial charge >= 0.3 is 6.18 Å². The van der Waals surface area contributed by atoms with Crippen LogP contribution in [0, 0.1) is 0 Å². The van der Waals surface area contributed by atoms with Crippen LogP contribution in [0.2, 0.25) is 0 Å². The van der Waals surface area contributed by atoms with Crippen LogP contribution in [0.25, 0.3) is 10.8 Å². The minimum absolute atomic E-state index is 0.397. The molecule has 0 radical (unpaired) electrons. The number of benzene rings is 2. The SMILES string of the molecule is CN1CCN(c2ccc(C(=O)Nc3cccc4cnccc34)c(C(F)(F)F)c2)CC1. The van der Waals surface area contributed by atoms with Crippen molar-refractivity contribution in [2.45, 2.75) is 6.18 Å². The number of rotatable bonds is 3. The van der Waals surface area contributed by atoms with Crippen molar-refractivity contribution in [1.29, 1.82) is 0 Å². The summed E-state index contributed by atoms with van der Waals surface area (Å²) in [6, 6.07) is 10.8. The van der Waals surface area contributed by atoms with E-state index >= 15 is 0 Å². The van der Waals surface area contributed by atoms with Gasteiger partial charge in [-0.2, -0.15) is 13.2 Å². The number of carbonyl (C=O) groups is 1. The highest BCUT2D eigenvalue weighted by Gasteiger charge is 2.36. The Morgan fingerprint density at radius 3 is 2.57 bits per heavy atom. The molecule has 5 nitrogen and oxygen atoms in total. The normalized spacial score (nSPS) is 15.4. The molecule has 0 aliphatic carbocycles. The van der Waals surface area contributed by atoms with E-state index in [-0.39, 0.29) is 0 Å². The van der Waals surface area contributed by atoms with Crippen molar-refractivity contribution >= 4 is 28.1 Å². The number of nitrogens with one attached hydrogen (secondary N) is 1. The minimum Gasteiger partial charge on any atom is -0.369 e. The molecule has 1 aliphatic heterocycles. The summed E-state index contributed by atoms with van der Waals surface area (Å²) in [5.74, 6) is -0.795. The van der Waals surface area contributed by atoms with E-state index < -0.39 is 23.2 Å². The van der Waals surface area contributed by atoms with E-state index in [2.05, 4.69) is 15.2 Å². The van der Waals surface area contributed by atoms with Gasteiger partial charge in [0.15, 0.2) is 0 Å². The zero-order chi connectivity index (χ0) is 21.3. The molecule has 2 heterocycles. The van der Waals surface area contributed by atoms with Gasteiger partial charge in [0.25, 0.3) is 5.91 Å². The van der Waals surface area contributed by atoms with Crippen LogP contribution in [0.5, 0.6) is 0 Å². The van der Waals surface area contributed by atoms with Gasteiger partial charge in [-0.05, 0) is 37.4 Å². The van der Waals surface area contributed by atoms with Gasteiger partial charge in [0, 0.05) is 60.7 Å². The highest BCUT2D eigenvalue weighted by molar-refractivity contribution is 6.10. The maximum absolute atomic E-state index is 13.8. The third-order valence-electron chi connectivity index (χ3n) is 5.35. The van der Waals surface area contributed by atoms with Gasteiger partial charge in [0.2, 0.25) is 0 Å². The number of amides is 1. The third-order valence-corrected chi connectivity index (χ3v) is 5.35. The van der Waals surface area contributed by atoms with Crippen molar-refractivity contribution in [1.82, 2.24) is 9.88 Å². The average Bonchev–Trinajstić information content (AvgIpc) is 2.73. The molecule has 8 heteroatoms. The van der Waals surface area contributed by atoms with Crippen LogP contribution in [0.15, 0.2) is 54.9 Å². The van der Waals surface area contributed by atoms with Gasteiger partial charge in [0.1, 0.15) is 0 Å². The molecule has 0 bridgehead atoms. The fraction of sp³-hybridized carbons (Fsp3) is 0.273. The van der Waals surface area contributed by atoms with Gasteiger partial charge in [-0.15, -0.1) is 0 Å². The second kappa shape index (κ2) is 7.95. The Hall–Kier alpha value is -3.13. The number of pyridine rings is 1. The lowest BCUT2D eigenvalue weighted by Crippen LogP contribution is -2.44. The summed E-state index contributed by atoms with van der Waals surface area (Å²) in [6.45, 7) is 2.84. The zero-order valence-electron chi connectivity index (χ0n) is 16.4. The molecule has 3 aromatic rings. The topological polar surface area (TPSA) is 48.5 Å². The molecule has 0 spiro atoms. The molecule has 1 saturated heterocycles. The average molecular weight is 414 g/mol. The summed E-state index contributed by atoms with van der Waals surface area (Å²) < 4.78 is 41.4. The van der Waals surface area contributed by atoms with Gasteiger partial charge in [-0.1, -0.05) is 12.1 Å². The van der Waals surface area contributed by atoms with Crippen LogP contribution in [0.1, 0.15) is 15.9 Å². The molecule has 1 amide bonds. The van der Waals surface area contributed by atoms with Crippen molar-refractivity contribution in [3.05, 3.63) is 66.0 Å². The highest BCUT2D eigenvalue weighted by atomic mass is 19.4. The lowest BCUT2D eigenvalue weighted by atomic mass is 10.0. The van der Waals surface area contributed by atoms with Crippen LogP contribution in [0.3, 0.4) is 0 Å².